The average Bonchev–Trinajstić information content (AvgIpc) is 2.88. The normalized spacial score (nSPS) is 12.4. The van der Waals surface area contributed by atoms with Crippen molar-refractivity contribution in [2.75, 3.05) is 7.11 Å². The zero-order chi connectivity index (χ0) is 13.0. The summed E-state index contributed by atoms with van der Waals surface area (Å²) in [6.07, 6.45) is 1.11. The van der Waals surface area contributed by atoms with Gasteiger partial charge in [-0.05, 0) is 31.2 Å². The molecule has 1 atom stereocenters. The average molecular weight is 264 g/mol. The molecule has 2 rings (SSSR count). The number of benzene rings is 1. The molecular weight excluding hydrogens is 248 g/mol. The van der Waals surface area contributed by atoms with Crippen LogP contribution in [0.4, 0.5) is 0 Å². The zero-order valence-corrected chi connectivity index (χ0v) is 11.2. The van der Waals surface area contributed by atoms with Crippen LogP contribution in [-0.2, 0) is 5.75 Å². The van der Waals surface area contributed by atoms with Gasteiger partial charge in [-0.1, -0.05) is 6.07 Å². The summed E-state index contributed by atoms with van der Waals surface area (Å²) in [4.78, 5) is 1.01. The largest absolute Gasteiger partial charge is 0.496 e. The summed E-state index contributed by atoms with van der Waals surface area (Å²) >= 11 is 1.63. The van der Waals surface area contributed by atoms with Gasteiger partial charge in [-0.25, -0.2) is 0 Å². The molecule has 1 heterocycles. The number of hydrogen-bond acceptors (Lipinski definition) is 4. The Kier molecular flexibility index (Phi) is 4.33. The van der Waals surface area contributed by atoms with Crippen LogP contribution in [-0.4, -0.2) is 12.2 Å². The first kappa shape index (κ1) is 13.1. The fraction of sp³-hybridized carbons (Fsp3) is 0.286. The van der Waals surface area contributed by atoms with Gasteiger partial charge in [-0.3, -0.25) is 0 Å². The number of hydrogen-bond donors (Lipinski definition) is 1. The van der Waals surface area contributed by atoms with E-state index in [0.29, 0.717) is 0 Å². The molecule has 0 aliphatic rings. The van der Waals surface area contributed by atoms with Crippen LogP contribution in [0, 0.1) is 0 Å². The van der Waals surface area contributed by atoms with E-state index >= 15 is 0 Å². The summed E-state index contributed by atoms with van der Waals surface area (Å²) in [5.41, 5.74) is 0.830. The molecule has 1 aromatic carbocycles. The van der Waals surface area contributed by atoms with Crippen LogP contribution in [0.3, 0.4) is 0 Å². The highest BCUT2D eigenvalue weighted by molar-refractivity contribution is 7.98. The highest BCUT2D eigenvalue weighted by atomic mass is 32.2. The summed E-state index contributed by atoms with van der Waals surface area (Å²) in [5.74, 6) is 2.37. The number of ether oxygens (including phenoxy) is 1. The van der Waals surface area contributed by atoms with Gasteiger partial charge >= 0.3 is 0 Å². The van der Waals surface area contributed by atoms with Gasteiger partial charge in [0.1, 0.15) is 11.5 Å². The van der Waals surface area contributed by atoms with E-state index < -0.39 is 6.10 Å². The summed E-state index contributed by atoms with van der Waals surface area (Å²) in [7, 11) is 1.61. The van der Waals surface area contributed by atoms with E-state index in [1.54, 1.807) is 32.1 Å². The quantitative estimate of drug-likeness (QED) is 0.837. The van der Waals surface area contributed by atoms with Crippen molar-refractivity contribution >= 4 is 11.8 Å². The molecule has 4 heteroatoms. The number of aliphatic hydroxyl groups is 1. The summed E-state index contributed by atoms with van der Waals surface area (Å²) in [6, 6.07) is 9.58. The molecule has 0 fully saturated rings. The zero-order valence-electron chi connectivity index (χ0n) is 10.4. The lowest BCUT2D eigenvalue weighted by Crippen LogP contribution is -1.99. The van der Waals surface area contributed by atoms with Gasteiger partial charge in [0.15, 0.2) is 0 Å². The molecule has 1 N–H and O–H groups in total. The van der Waals surface area contributed by atoms with Gasteiger partial charge in [-0.2, -0.15) is 0 Å². The van der Waals surface area contributed by atoms with Crippen LogP contribution >= 0.6 is 11.8 Å². The lowest BCUT2D eigenvalue weighted by molar-refractivity contribution is 0.191. The molecule has 1 aromatic heterocycles. The van der Waals surface area contributed by atoms with Crippen LogP contribution in [0.15, 0.2) is 45.9 Å². The molecule has 96 valence electrons. The monoisotopic (exact) mass is 264 g/mol. The Bertz CT molecular complexity index is 492. The third-order valence-electron chi connectivity index (χ3n) is 2.61. The Labute approximate surface area is 111 Å². The van der Waals surface area contributed by atoms with Crippen molar-refractivity contribution in [3.8, 4) is 5.75 Å². The predicted octanol–water partition coefficient (Wildman–Crippen LogP) is 3.63. The minimum atomic E-state index is -0.555. The molecule has 0 aliphatic carbocycles. The van der Waals surface area contributed by atoms with Crippen LogP contribution in [0.2, 0.25) is 0 Å². The molecule has 0 saturated heterocycles. The lowest BCUT2D eigenvalue weighted by Gasteiger charge is -2.15. The van der Waals surface area contributed by atoms with Crippen LogP contribution < -0.4 is 4.74 Å². The molecule has 0 spiro atoms. The number of thioether (sulfide) groups is 1. The lowest BCUT2D eigenvalue weighted by atomic mass is 10.1. The summed E-state index contributed by atoms with van der Waals surface area (Å²) in [5, 5.41) is 9.86. The second-order valence-corrected chi connectivity index (χ2v) is 4.93. The number of methoxy groups -OCH3 is 1. The van der Waals surface area contributed by atoms with Crippen molar-refractivity contribution in [2.45, 2.75) is 23.7 Å². The van der Waals surface area contributed by atoms with Gasteiger partial charge in [0.25, 0.3) is 0 Å². The highest BCUT2D eigenvalue weighted by Gasteiger charge is 2.14. The van der Waals surface area contributed by atoms with Gasteiger partial charge in [-0.15, -0.1) is 11.8 Å². The molecule has 0 radical (unpaired) electrons. The number of furan rings is 1. The number of rotatable bonds is 5. The van der Waals surface area contributed by atoms with E-state index in [1.165, 1.54) is 0 Å². The van der Waals surface area contributed by atoms with Crippen LogP contribution in [0.25, 0.3) is 0 Å². The summed E-state index contributed by atoms with van der Waals surface area (Å²) < 4.78 is 10.6. The fourth-order valence-electron chi connectivity index (χ4n) is 1.78. The molecular formula is C14H16O3S. The van der Waals surface area contributed by atoms with Crippen LogP contribution in [0.1, 0.15) is 24.4 Å². The Morgan fingerprint density at radius 2 is 2.17 bits per heavy atom. The van der Waals surface area contributed by atoms with E-state index in [4.69, 9.17) is 9.15 Å². The number of aliphatic hydroxyl groups excluding tert-OH is 1. The summed E-state index contributed by atoms with van der Waals surface area (Å²) in [6.45, 7) is 1.74. The Hall–Kier alpha value is -1.39. The van der Waals surface area contributed by atoms with Crippen molar-refractivity contribution in [2.24, 2.45) is 0 Å². The molecule has 2 aromatic rings. The topological polar surface area (TPSA) is 42.6 Å². The van der Waals surface area contributed by atoms with E-state index in [2.05, 4.69) is 0 Å². The maximum atomic E-state index is 9.86. The van der Waals surface area contributed by atoms with Crippen LogP contribution in [0.5, 0.6) is 5.75 Å². The molecule has 0 unspecified atom stereocenters. The Morgan fingerprint density at radius 3 is 2.78 bits per heavy atom. The van der Waals surface area contributed by atoms with Gasteiger partial charge in [0.05, 0.1) is 25.2 Å². The van der Waals surface area contributed by atoms with Crippen molar-refractivity contribution < 1.29 is 14.3 Å². The maximum absolute atomic E-state index is 9.86. The smallest absolute Gasteiger partial charge is 0.125 e. The molecule has 18 heavy (non-hydrogen) atoms. The van der Waals surface area contributed by atoms with Crippen molar-refractivity contribution in [3.05, 3.63) is 47.9 Å². The first-order valence-electron chi connectivity index (χ1n) is 5.72. The Morgan fingerprint density at radius 1 is 1.33 bits per heavy atom. The minimum absolute atomic E-state index is 0.555. The van der Waals surface area contributed by atoms with Gasteiger partial charge in [0, 0.05) is 10.5 Å². The van der Waals surface area contributed by atoms with E-state index in [1.807, 2.05) is 30.3 Å². The first-order chi connectivity index (χ1) is 8.72. The van der Waals surface area contributed by atoms with Crippen molar-refractivity contribution in [3.63, 3.8) is 0 Å². The predicted molar refractivity (Wildman–Crippen MR) is 71.9 cm³/mol. The Balaban J connectivity index is 2.21. The van der Waals surface area contributed by atoms with Crippen molar-refractivity contribution in [1.82, 2.24) is 0 Å². The third kappa shape index (κ3) is 2.89. The fourth-order valence-corrected chi connectivity index (χ4v) is 2.85. The van der Waals surface area contributed by atoms with E-state index in [-0.39, 0.29) is 0 Å². The third-order valence-corrected chi connectivity index (χ3v) is 3.71. The van der Waals surface area contributed by atoms with E-state index in [9.17, 15) is 5.11 Å². The van der Waals surface area contributed by atoms with Crippen molar-refractivity contribution in [1.29, 1.82) is 0 Å². The molecule has 0 bridgehead atoms. The molecule has 0 saturated carbocycles. The highest BCUT2D eigenvalue weighted by Crippen LogP contribution is 2.36. The minimum Gasteiger partial charge on any atom is -0.496 e. The molecule has 3 nitrogen and oxygen atoms in total. The SMILES string of the molecule is COc1cccc(SCc2ccco2)c1[C@H](C)O. The van der Waals surface area contributed by atoms with E-state index in [0.717, 1.165) is 27.7 Å². The second kappa shape index (κ2) is 5.98. The van der Waals surface area contributed by atoms with Gasteiger partial charge in [0.2, 0.25) is 0 Å². The molecule has 0 aliphatic heterocycles. The standard InChI is InChI=1S/C14H16O3S/c1-10(15)14-12(16-2)6-3-7-13(14)18-9-11-5-4-8-17-11/h3-8,10,15H,9H2,1-2H3/t10-/m0/s1. The first-order valence-corrected chi connectivity index (χ1v) is 6.71. The maximum Gasteiger partial charge on any atom is 0.125 e. The second-order valence-electron chi connectivity index (χ2n) is 3.92. The molecule has 0 amide bonds. The van der Waals surface area contributed by atoms with Gasteiger partial charge < -0.3 is 14.3 Å².